The summed E-state index contributed by atoms with van der Waals surface area (Å²) in [4.78, 5) is 1.51. The molecule has 1 nitrogen and oxygen atoms in total. The van der Waals surface area contributed by atoms with Gasteiger partial charge >= 0.3 is 0 Å². The highest BCUT2D eigenvalue weighted by atomic mass is 35.5. The van der Waals surface area contributed by atoms with Gasteiger partial charge in [0.05, 0.1) is 0 Å². The number of halogens is 1. The average Bonchev–Trinajstić information content (AvgIpc) is 3.11. The fourth-order valence-electron chi connectivity index (χ4n) is 2.56. The van der Waals surface area contributed by atoms with Crippen LogP contribution in [0.25, 0.3) is 10.1 Å². The standard InChI is InChI=1S/C16H20ClNS/c1-10(2)8-18-9-15-16(11-3-4-11)13-7-12(17)5-6-14(13)19-15/h5-7,10-11,18H,3-4,8-9H2,1-2H3. The molecular formula is C16H20ClNS. The van der Waals surface area contributed by atoms with Crippen LogP contribution in [0.15, 0.2) is 18.2 Å². The van der Waals surface area contributed by atoms with E-state index in [0.717, 1.165) is 24.0 Å². The molecular weight excluding hydrogens is 274 g/mol. The molecule has 0 amide bonds. The Labute approximate surface area is 124 Å². The SMILES string of the molecule is CC(C)CNCc1sc2ccc(Cl)cc2c1C1CC1. The van der Waals surface area contributed by atoms with Crippen molar-refractivity contribution in [1.29, 1.82) is 0 Å². The summed E-state index contributed by atoms with van der Waals surface area (Å²) in [5.41, 5.74) is 1.57. The van der Waals surface area contributed by atoms with E-state index in [2.05, 4.69) is 31.3 Å². The molecule has 3 heteroatoms. The van der Waals surface area contributed by atoms with E-state index in [0.29, 0.717) is 5.92 Å². The first-order valence-corrected chi connectivity index (χ1v) is 8.26. The topological polar surface area (TPSA) is 12.0 Å². The zero-order valence-corrected chi connectivity index (χ0v) is 13.1. The highest BCUT2D eigenvalue weighted by molar-refractivity contribution is 7.19. The zero-order chi connectivity index (χ0) is 13.4. The first-order valence-electron chi connectivity index (χ1n) is 7.06. The second kappa shape index (κ2) is 5.43. The van der Waals surface area contributed by atoms with Gasteiger partial charge in [-0.25, -0.2) is 0 Å². The Kier molecular flexibility index (Phi) is 3.84. The van der Waals surface area contributed by atoms with Crippen LogP contribution in [0.4, 0.5) is 0 Å². The number of hydrogen-bond acceptors (Lipinski definition) is 2. The van der Waals surface area contributed by atoms with Crippen molar-refractivity contribution < 1.29 is 0 Å². The Bertz CT molecular complexity index is 584. The predicted molar refractivity (Wildman–Crippen MR) is 85.4 cm³/mol. The Balaban J connectivity index is 1.91. The Hall–Kier alpha value is -0.570. The van der Waals surface area contributed by atoms with E-state index in [1.165, 1.54) is 27.8 Å². The van der Waals surface area contributed by atoms with Crippen molar-refractivity contribution in [2.75, 3.05) is 6.54 Å². The summed E-state index contributed by atoms with van der Waals surface area (Å²) in [5, 5.41) is 5.82. The van der Waals surface area contributed by atoms with Crippen LogP contribution in [0, 0.1) is 5.92 Å². The predicted octanol–water partition coefficient (Wildman–Crippen LogP) is 5.18. The quantitative estimate of drug-likeness (QED) is 0.801. The number of benzene rings is 1. The molecule has 0 radical (unpaired) electrons. The Morgan fingerprint density at radius 2 is 2.16 bits per heavy atom. The molecule has 2 aromatic rings. The molecule has 1 heterocycles. The molecule has 0 saturated heterocycles. The van der Waals surface area contributed by atoms with Gasteiger partial charge in [0.15, 0.2) is 0 Å². The van der Waals surface area contributed by atoms with Crippen LogP contribution >= 0.6 is 22.9 Å². The van der Waals surface area contributed by atoms with Crippen molar-refractivity contribution in [3.05, 3.63) is 33.7 Å². The van der Waals surface area contributed by atoms with E-state index in [4.69, 9.17) is 11.6 Å². The van der Waals surface area contributed by atoms with Crippen molar-refractivity contribution in [2.24, 2.45) is 5.92 Å². The molecule has 0 aliphatic heterocycles. The zero-order valence-electron chi connectivity index (χ0n) is 11.5. The van der Waals surface area contributed by atoms with Crippen LogP contribution in [-0.4, -0.2) is 6.54 Å². The number of nitrogens with one attached hydrogen (secondary N) is 1. The van der Waals surface area contributed by atoms with Crippen LogP contribution in [0.3, 0.4) is 0 Å². The summed E-state index contributed by atoms with van der Waals surface area (Å²) in [5.74, 6) is 1.48. The van der Waals surface area contributed by atoms with Gasteiger partial charge in [0.1, 0.15) is 0 Å². The molecule has 0 bridgehead atoms. The van der Waals surface area contributed by atoms with Crippen molar-refractivity contribution >= 4 is 33.0 Å². The summed E-state index contributed by atoms with van der Waals surface area (Å²) in [6, 6.07) is 6.32. The van der Waals surface area contributed by atoms with E-state index in [1.807, 2.05) is 17.4 Å². The Morgan fingerprint density at radius 1 is 1.37 bits per heavy atom. The molecule has 1 aromatic heterocycles. The van der Waals surface area contributed by atoms with Gasteiger partial charge in [-0.05, 0) is 60.4 Å². The Morgan fingerprint density at radius 3 is 2.84 bits per heavy atom. The average molecular weight is 294 g/mol. The molecule has 3 rings (SSSR count). The largest absolute Gasteiger partial charge is 0.312 e. The highest BCUT2D eigenvalue weighted by Crippen LogP contribution is 2.48. The molecule has 1 aliphatic rings. The van der Waals surface area contributed by atoms with Gasteiger partial charge in [0.25, 0.3) is 0 Å². The summed E-state index contributed by atoms with van der Waals surface area (Å²) in [6.45, 7) is 6.58. The number of hydrogen-bond donors (Lipinski definition) is 1. The van der Waals surface area contributed by atoms with Crippen LogP contribution in [0.1, 0.15) is 43.0 Å². The molecule has 0 spiro atoms. The highest BCUT2D eigenvalue weighted by Gasteiger charge is 2.29. The normalized spacial score (nSPS) is 15.6. The second-order valence-electron chi connectivity index (χ2n) is 5.88. The fourth-order valence-corrected chi connectivity index (χ4v) is 3.98. The third-order valence-corrected chi connectivity index (χ3v) is 5.01. The number of thiophene rings is 1. The van der Waals surface area contributed by atoms with E-state index >= 15 is 0 Å². The molecule has 19 heavy (non-hydrogen) atoms. The van der Waals surface area contributed by atoms with Gasteiger partial charge < -0.3 is 5.32 Å². The smallest absolute Gasteiger partial charge is 0.0413 e. The van der Waals surface area contributed by atoms with Gasteiger partial charge in [-0.2, -0.15) is 0 Å². The summed E-state index contributed by atoms with van der Waals surface area (Å²) in [6.07, 6.45) is 2.69. The van der Waals surface area contributed by atoms with Crippen molar-refractivity contribution in [2.45, 2.75) is 39.2 Å². The summed E-state index contributed by atoms with van der Waals surface area (Å²) >= 11 is 8.09. The van der Waals surface area contributed by atoms with Crippen LogP contribution in [-0.2, 0) is 6.54 Å². The van der Waals surface area contributed by atoms with Crippen LogP contribution in [0.2, 0.25) is 5.02 Å². The third kappa shape index (κ3) is 2.96. The van der Waals surface area contributed by atoms with Crippen molar-refractivity contribution in [3.63, 3.8) is 0 Å². The lowest BCUT2D eigenvalue weighted by Gasteiger charge is -2.08. The van der Waals surface area contributed by atoms with E-state index in [-0.39, 0.29) is 0 Å². The maximum Gasteiger partial charge on any atom is 0.0413 e. The van der Waals surface area contributed by atoms with E-state index < -0.39 is 0 Å². The van der Waals surface area contributed by atoms with Gasteiger partial charge in [0, 0.05) is 21.1 Å². The van der Waals surface area contributed by atoms with Crippen molar-refractivity contribution in [3.8, 4) is 0 Å². The molecule has 1 saturated carbocycles. The van der Waals surface area contributed by atoms with Gasteiger partial charge in [-0.3, -0.25) is 0 Å². The molecule has 1 aliphatic carbocycles. The molecule has 0 unspecified atom stereocenters. The maximum atomic E-state index is 6.16. The van der Waals surface area contributed by atoms with E-state index in [1.54, 1.807) is 5.56 Å². The lowest BCUT2D eigenvalue weighted by atomic mass is 10.1. The minimum atomic E-state index is 0.702. The minimum absolute atomic E-state index is 0.702. The second-order valence-corrected chi connectivity index (χ2v) is 7.45. The number of fused-ring (bicyclic) bond motifs is 1. The monoisotopic (exact) mass is 293 g/mol. The molecule has 0 atom stereocenters. The van der Waals surface area contributed by atoms with Gasteiger partial charge in [-0.1, -0.05) is 25.4 Å². The molecule has 1 fully saturated rings. The van der Waals surface area contributed by atoms with Gasteiger partial charge in [-0.15, -0.1) is 11.3 Å². The third-order valence-electron chi connectivity index (χ3n) is 3.59. The minimum Gasteiger partial charge on any atom is -0.312 e. The first kappa shape index (κ1) is 13.4. The first-order chi connectivity index (χ1) is 9.15. The summed E-state index contributed by atoms with van der Waals surface area (Å²) in [7, 11) is 0. The van der Waals surface area contributed by atoms with Gasteiger partial charge in [0.2, 0.25) is 0 Å². The van der Waals surface area contributed by atoms with E-state index in [9.17, 15) is 0 Å². The molecule has 102 valence electrons. The summed E-state index contributed by atoms with van der Waals surface area (Å²) < 4.78 is 1.38. The lowest BCUT2D eigenvalue weighted by molar-refractivity contribution is 0.554. The number of rotatable bonds is 5. The van der Waals surface area contributed by atoms with Crippen molar-refractivity contribution in [1.82, 2.24) is 5.32 Å². The van der Waals surface area contributed by atoms with Crippen LogP contribution in [0.5, 0.6) is 0 Å². The lowest BCUT2D eigenvalue weighted by Crippen LogP contribution is -2.18. The molecule has 1 aromatic carbocycles. The molecule has 1 N–H and O–H groups in total. The van der Waals surface area contributed by atoms with Crippen LogP contribution < -0.4 is 5.32 Å². The maximum absolute atomic E-state index is 6.16. The fraction of sp³-hybridized carbons (Fsp3) is 0.500.